The SMILES string of the molecule is CCCn1ccc2cc(NC(=O)c3cccc(C)n3)ccc21. The van der Waals surface area contributed by atoms with Crippen LogP contribution in [0.3, 0.4) is 0 Å². The topological polar surface area (TPSA) is 46.9 Å². The summed E-state index contributed by atoms with van der Waals surface area (Å²) >= 11 is 0. The molecule has 0 aliphatic heterocycles. The lowest BCUT2D eigenvalue weighted by atomic mass is 10.2. The van der Waals surface area contributed by atoms with Gasteiger partial charge in [-0.1, -0.05) is 13.0 Å². The summed E-state index contributed by atoms with van der Waals surface area (Å²) in [4.78, 5) is 16.5. The van der Waals surface area contributed by atoms with Crippen molar-refractivity contribution in [3.05, 3.63) is 60.0 Å². The molecule has 1 aromatic carbocycles. The summed E-state index contributed by atoms with van der Waals surface area (Å²) in [7, 11) is 0. The van der Waals surface area contributed by atoms with Crippen LogP contribution < -0.4 is 5.32 Å². The number of rotatable bonds is 4. The number of nitrogens with one attached hydrogen (secondary N) is 1. The Bertz CT molecular complexity index is 820. The van der Waals surface area contributed by atoms with Gasteiger partial charge in [0, 0.05) is 35.0 Å². The minimum atomic E-state index is -0.184. The van der Waals surface area contributed by atoms with Crippen LogP contribution in [0.15, 0.2) is 48.7 Å². The molecule has 3 rings (SSSR count). The highest BCUT2D eigenvalue weighted by molar-refractivity contribution is 6.03. The average Bonchev–Trinajstić information content (AvgIpc) is 2.90. The largest absolute Gasteiger partial charge is 0.347 e. The minimum Gasteiger partial charge on any atom is -0.347 e. The third kappa shape index (κ3) is 2.86. The number of aryl methyl sites for hydroxylation is 2. The number of hydrogen-bond donors (Lipinski definition) is 1. The molecule has 0 saturated carbocycles. The molecule has 4 heteroatoms. The molecule has 4 nitrogen and oxygen atoms in total. The normalized spacial score (nSPS) is 10.8. The number of anilines is 1. The van der Waals surface area contributed by atoms with Gasteiger partial charge in [-0.3, -0.25) is 4.79 Å². The van der Waals surface area contributed by atoms with Crippen molar-refractivity contribution in [2.45, 2.75) is 26.8 Å². The van der Waals surface area contributed by atoms with E-state index in [1.54, 1.807) is 6.07 Å². The molecule has 112 valence electrons. The lowest BCUT2D eigenvalue weighted by Crippen LogP contribution is -2.13. The van der Waals surface area contributed by atoms with E-state index in [9.17, 15) is 4.79 Å². The van der Waals surface area contributed by atoms with Crippen LogP contribution >= 0.6 is 0 Å². The zero-order chi connectivity index (χ0) is 15.5. The molecule has 3 aromatic rings. The molecule has 2 heterocycles. The van der Waals surface area contributed by atoms with E-state index in [0.717, 1.165) is 29.7 Å². The van der Waals surface area contributed by atoms with Gasteiger partial charge in [0.2, 0.25) is 0 Å². The van der Waals surface area contributed by atoms with Crippen molar-refractivity contribution in [3.8, 4) is 0 Å². The molecule has 0 spiro atoms. The number of benzene rings is 1. The maximum atomic E-state index is 12.2. The van der Waals surface area contributed by atoms with Crippen LogP contribution in [0, 0.1) is 6.92 Å². The highest BCUT2D eigenvalue weighted by Crippen LogP contribution is 2.21. The van der Waals surface area contributed by atoms with E-state index in [0.29, 0.717) is 5.69 Å². The summed E-state index contributed by atoms with van der Waals surface area (Å²) in [5.74, 6) is -0.184. The Labute approximate surface area is 129 Å². The smallest absolute Gasteiger partial charge is 0.274 e. The predicted molar refractivity (Wildman–Crippen MR) is 89.2 cm³/mol. The van der Waals surface area contributed by atoms with Crippen molar-refractivity contribution in [2.75, 3.05) is 5.32 Å². The van der Waals surface area contributed by atoms with E-state index in [1.165, 1.54) is 5.52 Å². The fraction of sp³-hybridized carbons (Fsp3) is 0.222. The fourth-order valence-electron chi connectivity index (χ4n) is 2.58. The van der Waals surface area contributed by atoms with Crippen LogP contribution in [0.4, 0.5) is 5.69 Å². The van der Waals surface area contributed by atoms with Gasteiger partial charge in [-0.15, -0.1) is 0 Å². The predicted octanol–water partition coefficient (Wildman–Crippen LogP) is 4.01. The monoisotopic (exact) mass is 293 g/mol. The first-order valence-corrected chi connectivity index (χ1v) is 7.51. The van der Waals surface area contributed by atoms with Crippen molar-refractivity contribution in [2.24, 2.45) is 0 Å². The summed E-state index contributed by atoms with van der Waals surface area (Å²) in [6.07, 6.45) is 3.18. The fourth-order valence-corrected chi connectivity index (χ4v) is 2.58. The number of hydrogen-bond acceptors (Lipinski definition) is 2. The summed E-state index contributed by atoms with van der Waals surface area (Å²) in [6, 6.07) is 13.5. The molecule has 1 amide bonds. The maximum absolute atomic E-state index is 12.2. The molecule has 0 bridgehead atoms. The zero-order valence-electron chi connectivity index (χ0n) is 12.8. The summed E-state index contributed by atoms with van der Waals surface area (Å²) in [5, 5.41) is 4.04. The molecule has 2 aromatic heterocycles. The maximum Gasteiger partial charge on any atom is 0.274 e. The Morgan fingerprint density at radius 1 is 1.23 bits per heavy atom. The molecule has 0 aliphatic carbocycles. The summed E-state index contributed by atoms with van der Waals surface area (Å²) < 4.78 is 2.23. The highest BCUT2D eigenvalue weighted by atomic mass is 16.1. The second kappa shape index (κ2) is 6.02. The second-order valence-electron chi connectivity index (χ2n) is 5.40. The number of carbonyl (C=O) groups excluding carboxylic acids is 1. The van der Waals surface area contributed by atoms with Gasteiger partial charge in [0.05, 0.1) is 0 Å². The number of pyridine rings is 1. The van der Waals surface area contributed by atoms with Crippen molar-refractivity contribution >= 4 is 22.5 Å². The van der Waals surface area contributed by atoms with Crippen molar-refractivity contribution in [1.29, 1.82) is 0 Å². The molecule has 22 heavy (non-hydrogen) atoms. The van der Waals surface area contributed by atoms with Crippen LogP contribution in [0.1, 0.15) is 29.5 Å². The van der Waals surface area contributed by atoms with Gasteiger partial charge in [0.25, 0.3) is 5.91 Å². The Morgan fingerprint density at radius 3 is 2.86 bits per heavy atom. The number of carbonyl (C=O) groups is 1. The van der Waals surface area contributed by atoms with Gasteiger partial charge >= 0.3 is 0 Å². The minimum absolute atomic E-state index is 0.184. The molecule has 1 N–H and O–H groups in total. The third-order valence-electron chi connectivity index (χ3n) is 3.61. The molecular formula is C18H19N3O. The quantitative estimate of drug-likeness (QED) is 0.790. The van der Waals surface area contributed by atoms with Crippen LogP contribution in [-0.4, -0.2) is 15.5 Å². The lowest BCUT2D eigenvalue weighted by Gasteiger charge is -2.07. The average molecular weight is 293 g/mol. The van der Waals surface area contributed by atoms with Gasteiger partial charge < -0.3 is 9.88 Å². The molecule has 0 aliphatic rings. The molecule has 0 saturated heterocycles. The molecular weight excluding hydrogens is 274 g/mol. The second-order valence-corrected chi connectivity index (χ2v) is 5.40. The molecule has 0 unspecified atom stereocenters. The first kappa shape index (κ1) is 14.3. The van der Waals surface area contributed by atoms with Gasteiger partial charge in [0.1, 0.15) is 5.69 Å². The van der Waals surface area contributed by atoms with E-state index in [-0.39, 0.29) is 5.91 Å². The third-order valence-corrected chi connectivity index (χ3v) is 3.61. The Balaban J connectivity index is 1.83. The van der Waals surface area contributed by atoms with Gasteiger partial charge in [-0.25, -0.2) is 4.98 Å². The Morgan fingerprint density at radius 2 is 2.09 bits per heavy atom. The molecule has 0 radical (unpaired) electrons. The zero-order valence-corrected chi connectivity index (χ0v) is 12.8. The lowest BCUT2D eigenvalue weighted by molar-refractivity contribution is 0.102. The van der Waals surface area contributed by atoms with Gasteiger partial charge in [-0.05, 0) is 49.7 Å². The van der Waals surface area contributed by atoms with Crippen molar-refractivity contribution in [3.63, 3.8) is 0 Å². The van der Waals surface area contributed by atoms with E-state index in [2.05, 4.69) is 34.1 Å². The van der Waals surface area contributed by atoms with Crippen LogP contribution in [-0.2, 0) is 6.54 Å². The molecule has 0 fully saturated rings. The number of nitrogens with zero attached hydrogens (tertiary/aromatic N) is 2. The number of aromatic nitrogens is 2. The first-order valence-electron chi connectivity index (χ1n) is 7.51. The van der Waals surface area contributed by atoms with Crippen molar-refractivity contribution in [1.82, 2.24) is 9.55 Å². The van der Waals surface area contributed by atoms with E-state index in [1.807, 2.05) is 37.3 Å². The molecule has 0 atom stereocenters. The standard InChI is InChI=1S/C18H19N3O/c1-3-10-21-11-9-14-12-15(7-8-17(14)21)20-18(22)16-6-4-5-13(2)19-16/h4-9,11-12H,3,10H2,1-2H3,(H,20,22). The van der Waals surface area contributed by atoms with E-state index in [4.69, 9.17) is 0 Å². The van der Waals surface area contributed by atoms with E-state index >= 15 is 0 Å². The Kier molecular flexibility index (Phi) is 3.92. The van der Waals surface area contributed by atoms with E-state index < -0.39 is 0 Å². The van der Waals surface area contributed by atoms with Crippen molar-refractivity contribution < 1.29 is 4.79 Å². The van der Waals surface area contributed by atoms with Crippen LogP contribution in [0.2, 0.25) is 0 Å². The number of fused-ring (bicyclic) bond motifs is 1. The summed E-state index contributed by atoms with van der Waals surface area (Å²) in [6.45, 7) is 5.04. The summed E-state index contributed by atoms with van der Waals surface area (Å²) in [5.41, 5.74) is 3.24. The van der Waals surface area contributed by atoms with Crippen LogP contribution in [0.5, 0.6) is 0 Å². The van der Waals surface area contributed by atoms with Crippen LogP contribution in [0.25, 0.3) is 10.9 Å². The highest BCUT2D eigenvalue weighted by Gasteiger charge is 2.09. The number of amides is 1. The van der Waals surface area contributed by atoms with Gasteiger partial charge in [0.15, 0.2) is 0 Å². The first-order chi connectivity index (χ1) is 10.7. The van der Waals surface area contributed by atoms with Gasteiger partial charge in [-0.2, -0.15) is 0 Å². The Hall–Kier alpha value is -2.62.